The Morgan fingerprint density at radius 2 is 1.69 bits per heavy atom. The van der Waals surface area contributed by atoms with Crippen LogP contribution in [0.4, 0.5) is 0 Å². The van der Waals surface area contributed by atoms with Crippen molar-refractivity contribution >= 4 is 22.5 Å². The molecule has 0 saturated carbocycles. The number of nitrogens with zero attached hydrogens (tertiary/aromatic N) is 2. The first-order valence-electron chi connectivity index (χ1n) is 11.3. The fourth-order valence-electron chi connectivity index (χ4n) is 4.37. The number of hydrogen-bond acceptors (Lipinski definition) is 7. The lowest BCUT2D eigenvalue weighted by Gasteiger charge is -2.20. The third-order valence-electron chi connectivity index (χ3n) is 6.05. The van der Waals surface area contributed by atoms with Gasteiger partial charge in [0.05, 0.1) is 10.8 Å². The summed E-state index contributed by atoms with van der Waals surface area (Å²) in [5.41, 5.74) is 1.69. The van der Waals surface area contributed by atoms with Crippen molar-refractivity contribution in [1.82, 2.24) is 14.3 Å². The maximum absolute atomic E-state index is 12.9. The van der Waals surface area contributed by atoms with Gasteiger partial charge in [-0.2, -0.15) is 0 Å². The molecule has 10 heteroatoms. The zero-order valence-corrected chi connectivity index (χ0v) is 19.7. The Morgan fingerprint density at radius 1 is 0.972 bits per heavy atom. The van der Waals surface area contributed by atoms with Gasteiger partial charge in [0.15, 0.2) is 18.1 Å². The Kier molecular flexibility index (Phi) is 5.93. The molecule has 0 aliphatic carbocycles. The van der Waals surface area contributed by atoms with Crippen molar-refractivity contribution in [3.05, 3.63) is 86.2 Å². The summed E-state index contributed by atoms with van der Waals surface area (Å²) in [6.07, 6.45) is 0. The number of esters is 1. The Balaban J connectivity index is 1.30. The van der Waals surface area contributed by atoms with Gasteiger partial charge in [0.25, 0.3) is 11.1 Å². The molecule has 184 valence electrons. The molecule has 0 spiro atoms. The average Bonchev–Trinajstić information content (AvgIpc) is 3.19. The van der Waals surface area contributed by atoms with Crippen molar-refractivity contribution in [1.29, 1.82) is 0 Å². The molecule has 1 N–H and O–H groups in total. The van der Waals surface area contributed by atoms with Gasteiger partial charge in [-0.1, -0.05) is 12.1 Å². The lowest BCUT2D eigenvalue weighted by Crippen LogP contribution is -2.33. The van der Waals surface area contributed by atoms with E-state index in [1.807, 2.05) is 29.7 Å². The third kappa shape index (κ3) is 4.17. The monoisotopic (exact) mass is 489 g/mol. The second kappa shape index (κ2) is 9.21. The first kappa shape index (κ1) is 23.2. The van der Waals surface area contributed by atoms with Gasteiger partial charge in [0, 0.05) is 28.7 Å². The predicted molar refractivity (Wildman–Crippen MR) is 130 cm³/mol. The molecule has 0 saturated heterocycles. The van der Waals surface area contributed by atoms with E-state index < -0.39 is 30.2 Å². The second-order valence-electron chi connectivity index (χ2n) is 8.41. The number of carbonyl (C=O) groups excluding carboxylic acids is 2. The molecule has 0 radical (unpaired) electrons. The largest absolute Gasteiger partial charge is 0.486 e. The van der Waals surface area contributed by atoms with Crippen LogP contribution in [0, 0.1) is 13.8 Å². The summed E-state index contributed by atoms with van der Waals surface area (Å²) in [6.45, 7) is 3.61. The van der Waals surface area contributed by atoms with Crippen LogP contribution in [-0.4, -0.2) is 45.9 Å². The lowest BCUT2D eigenvalue weighted by atomic mass is 10.1. The van der Waals surface area contributed by atoms with E-state index in [2.05, 4.69) is 5.10 Å². The zero-order valence-electron chi connectivity index (χ0n) is 19.7. The Bertz CT molecular complexity index is 1630. The summed E-state index contributed by atoms with van der Waals surface area (Å²) in [7, 11) is 0. The number of ether oxygens (including phenoxy) is 3. The molecule has 0 atom stereocenters. The van der Waals surface area contributed by atoms with Gasteiger partial charge in [-0.25, -0.2) is 4.68 Å². The smallest absolute Gasteiger partial charge is 0.328 e. The number of aryl methyl sites for hydroxylation is 1. The number of fused-ring (bicyclic) bond motifs is 2. The van der Waals surface area contributed by atoms with Crippen molar-refractivity contribution in [2.24, 2.45) is 0 Å². The molecule has 10 nitrogen and oxygen atoms in total. The van der Waals surface area contributed by atoms with E-state index in [1.54, 1.807) is 25.1 Å². The predicted octanol–water partition coefficient (Wildman–Crippen LogP) is 2.29. The summed E-state index contributed by atoms with van der Waals surface area (Å²) in [6, 6.07) is 13.6. The Morgan fingerprint density at radius 3 is 2.47 bits per heavy atom. The van der Waals surface area contributed by atoms with Crippen LogP contribution in [-0.2, 0) is 16.1 Å². The van der Waals surface area contributed by atoms with Gasteiger partial charge in [-0.15, -0.1) is 0 Å². The summed E-state index contributed by atoms with van der Waals surface area (Å²) in [5, 5.41) is 2.79. The highest BCUT2D eigenvalue weighted by Crippen LogP contribution is 2.33. The number of aromatic nitrogens is 3. The number of H-pyrrole nitrogens is 1. The van der Waals surface area contributed by atoms with Gasteiger partial charge >= 0.3 is 5.97 Å². The number of ketones is 1. The summed E-state index contributed by atoms with van der Waals surface area (Å²) in [4.78, 5) is 50.1. The molecule has 0 amide bonds. The molecule has 2 aromatic heterocycles. The van der Waals surface area contributed by atoms with Crippen molar-refractivity contribution in [3.8, 4) is 17.2 Å². The molecule has 0 bridgehead atoms. The molecule has 36 heavy (non-hydrogen) atoms. The number of benzene rings is 2. The minimum absolute atomic E-state index is 0.191. The van der Waals surface area contributed by atoms with Gasteiger partial charge in [-0.05, 0) is 44.2 Å². The van der Waals surface area contributed by atoms with Crippen LogP contribution in [0.3, 0.4) is 0 Å². The minimum atomic E-state index is -0.822. The van der Waals surface area contributed by atoms with Crippen LogP contribution in [0.1, 0.15) is 21.7 Å². The molecule has 0 unspecified atom stereocenters. The van der Waals surface area contributed by atoms with Crippen LogP contribution >= 0.6 is 0 Å². The van der Waals surface area contributed by atoms with Crippen LogP contribution in [0.15, 0.2) is 58.1 Å². The van der Waals surface area contributed by atoms with Crippen LogP contribution < -0.4 is 20.6 Å². The standard InChI is InChI=1S/C26H23N3O7/c1-15-11-20(16(2)29(15)17-7-8-22-23(12-17)35-10-9-34-22)21(30)14-36-24(31)13-28-26(33)19-6-4-3-5-18(19)25(32)27-28/h3-8,11-12H,9-10,13-14H2,1-2H3,(H,27,32). The van der Waals surface area contributed by atoms with Gasteiger partial charge in [0.2, 0.25) is 5.78 Å². The highest BCUT2D eigenvalue weighted by atomic mass is 16.6. The summed E-state index contributed by atoms with van der Waals surface area (Å²) >= 11 is 0. The highest BCUT2D eigenvalue weighted by Gasteiger charge is 2.20. The summed E-state index contributed by atoms with van der Waals surface area (Å²) in [5.74, 6) is 0.0918. The number of aromatic amines is 1. The highest BCUT2D eigenvalue weighted by molar-refractivity contribution is 5.99. The summed E-state index contributed by atoms with van der Waals surface area (Å²) < 4.78 is 19.2. The topological polar surface area (TPSA) is 122 Å². The van der Waals surface area contributed by atoms with Crippen molar-refractivity contribution < 1.29 is 23.8 Å². The van der Waals surface area contributed by atoms with Crippen molar-refractivity contribution in [3.63, 3.8) is 0 Å². The average molecular weight is 489 g/mol. The van der Waals surface area contributed by atoms with Crippen molar-refractivity contribution in [2.75, 3.05) is 19.8 Å². The quantitative estimate of drug-likeness (QED) is 0.326. The fourth-order valence-corrected chi connectivity index (χ4v) is 4.37. The Labute approximate surface area is 204 Å². The van der Waals surface area contributed by atoms with E-state index in [4.69, 9.17) is 14.2 Å². The fraction of sp³-hybridized carbons (Fsp3) is 0.231. The molecule has 1 aliphatic rings. The molecule has 3 heterocycles. The van der Waals surface area contributed by atoms with E-state index in [1.165, 1.54) is 12.1 Å². The maximum atomic E-state index is 12.9. The molecular formula is C26H23N3O7. The molecule has 1 aliphatic heterocycles. The van der Waals surface area contributed by atoms with Crippen LogP contribution in [0.5, 0.6) is 11.5 Å². The van der Waals surface area contributed by atoms with Gasteiger partial charge in [-0.3, -0.25) is 24.3 Å². The number of hydrogen-bond donors (Lipinski definition) is 1. The SMILES string of the molecule is Cc1cc(C(=O)COC(=O)Cn2[nH]c(=O)c3ccccc3c2=O)c(C)n1-c1ccc2c(c1)OCCO2. The van der Waals surface area contributed by atoms with E-state index in [-0.39, 0.29) is 16.6 Å². The number of carbonyl (C=O) groups is 2. The van der Waals surface area contributed by atoms with E-state index in [9.17, 15) is 19.2 Å². The lowest BCUT2D eigenvalue weighted by molar-refractivity contribution is -0.143. The minimum Gasteiger partial charge on any atom is -0.486 e. The molecular weight excluding hydrogens is 466 g/mol. The van der Waals surface area contributed by atoms with E-state index in [0.717, 1.165) is 16.1 Å². The molecule has 0 fully saturated rings. The van der Waals surface area contributed by atoms with Crippen LogP contribution in [0.25, 0.3) is 16.5 Å². The van der Waals surface area contributed by atoms with Crippen LogP contribution in [0.2, 0.25) is 0 Å². The Hall–Kier alpha value is -4.60. The molecule has 5 rings (SSSR count). The number of Topliss-reactive ketones (excluding diaryl/α,β-unsaturated/α-hetero) is 1. The number of nitrogens with one attached hydrogen (secondary N) is 1. The zero-order chi connectivity index (χ0) is 25.4. The van der Waals surface area contributed by atoms with E-state index in [0.29, 0.717) is 36.0 Å². The molecule has 4 aromatic rings. The second-order valence-corrected chi connectivity index (χ2v) is 8.41. The normalized spacial score (nSPS) is 12.5. The van der Waals surface area contributed by atoms with Crippen molar-refractivity contribution in [2.45, 2.75) is 20.4 Å². The van der Waals surface area contributed by atoms with Gasteiger partial charge in [0.1, 0.15) is 19.8 Å². The molecule has 2 aromatic carbocycles. The van der Waals surface area contributed by atoms with Gasteiger partial charge < -0.3 is 18.8 Å². The maximum Gasteiger partial charge on any atom is 0.328 e. The number of rotatable bonds is 6. The first-order chi connectivity index (χ1) is 17.3. The third-order valence-corrected chi connectivity index (χ3v) is 6.05. The van der Waals surface area contributed by atoms with E-state index >= 15 is 0 Å². The first-order valence-corrected chi connectivity index (χ1v) is 11.3.